The molecule has 1 fully saturated rings. The van der Waals surface area contributed by atoms with Crippen LogP contribution in [0, 0.1) is 4.64 Å². The van der Waals surface area contributed by atoms with Crippen molar-refractivity contribution in [2.45, 2.75) is 24.5 Å². The van der Waals surface area contributed by atoms with Gasteiger partial charge in [0.2, 0.25) is 0 Å². The SMILES string of the molecule is O=c1[nH]c(=S)ccn1[C@@H]1O[C@H](COP(=O)([O-])[O-])[C@@H](O)[C@H]1O.[Na+].[Na+]. The summed E-state index contributed by atoms with van der Waals surface area (Å²) in [4.78, 5) is 34.8. The molecule has 0 aliphatic carbocycles. The van der Waals surface area contributed by atoms with Crippen LogP contribution >= 0.6 is 20.0 Å². The van der Waals surface area contributed by atoms with Crippen molar-refractivity contribution in [3.05, 3.63) is 27.4 Å². The van der Waals surface area contributed by atoms with Crippen molar-refractivity contribution in [1.82, 2.24) is 9.55 Å². The Kier molecular flexibility index (Phi) is 10.2. The Morgan fingerprint density at radius 3 is 2.52 bits per heavy atom. The minimum Gasteiger partial charge on any atom is -0.790 e. The predicted molar refractivity (Wildman–Crippen MR) is 65.4 cm³/mol. The number of rotatable bonds is 4. The Labute approximate surface area is 179 Å². The Bertz CT molecular complexity index is 678. The van der Waals surface area contributed by atoms with E-state index in [-0.39, 0.29) is 63.8 Å². The van der Waals surface area contributed by atoms with Crippen LogP contribution in [0.2, 0.25) is 0 Å². The summed E-state index contributed by atoms with van der Waals surface area (Å²) < 4.78 is 20.7. The summed E-state index contributed by atoms with van der Waals surface area (Å²) in [7, 11) is -5.23. The summed E-state index contributed by atoms with van der Waals surface area (Å²) >= 11 is 4.75. The van der Waals surface area contributed by atoms with E-state index >= 15 is 0 Å². The molecule has 2 heterocycles. The van der Waals surface area contributed by atoms with E-state index in [4.69, 9.17) is 17.0 Å². The van der Waals surface area contributed by atoms with Crippen molar-refractivity contribution in [3.8, 4) is 0 Å². The van der Waals surface area contributed by atoms with E-state index in [9.17, 15) is 29.4 Å². The Morgan fingerprint density at radius 2 is 2.00 bits per heavy atom. The molecular formula is C9H11N2Na2O8PS. The van der Waals surface area contributed by atoms with Crippen molar-refractivity contribution in [2.75, 3.05) is 6.61 Å². The zero-order valence-corrected chi connectivity index (χ0v) is 18.0. The van der Waals surface area contributed by atoms with Gasteiger partial charge in [-0.1, -0.05) is 12.2 Å². The first-order valence-electron chi connectivity index (χ1n) is 5.69. The average molecular weight is 384 g/mol. The number of phosphoric acid groups is 1. The minimum absolute atomic E-state index is 0. The number of hydrogen-bond donors (Lipinski definition) is 3. The van der Waals surface area contributed by atoms with Gasteiger partial charge in [-0.15, -0.1) is 0 Å². The van der Waals surface area contributed by atoms with Crippen LogP contribution in [0.15, 0.2) is 17.1 Å². The molecule has 0 bridgehead atoms. The summed E-state index contributed by atoms with van der Waals surface area (Å²) in [5, 5.41) is 19.6. The second-order valence-electron chi connectivity index (χ2n) is 4.31. The number of aromatic amines is 1. The molecule has 0 unspecified atom stereocenters. The van der Waals surface area contributed by atoms with Crippen LogP contribution in [-0.2, 0) is 13.8 Å². The largest absolute Gasteiger partial charge is 1.00 e. The van der Waals surface area contributed by atoms with Crippen molar-refractivity contribution in [1.29, 1.82) is 0 Å². The molecule has 1 aromatic heterocycles. The van der Waals surface area contributed by atoms with E-state index in [0.29, 0.717) is 0 Å². The first kappa shape index (κ1) is 24.1. The fourth-order valence-corrected chi connectivity index (χ4v) is 2.37. The topological polar surface area (TPSA) is 160 Å². The van der Waals surface area contributed by atoms with Gasteiger partial charge < -0.3 is 33.8 Å². The van der Waals surface area contributed by atoms with Crippen LogP contribution in [0.3, 0.4) is 0 Å². The van der Waals surface area contributed by atoms with Gasteiger partial charge in [-0.3, -0.25) is 9.55 Å². The third-order valence-corrected chi connectivity index (χ3v) is 3.56. The number of nitrogens with zero attached hydrogens (tertiary/aromatic N) is 1. The number of ether oxygens (including phenoxy) is 1. The molecule has 0 aromatic carbocycles. The zero-order chi connectivity index (χ0) is 15.8. The van der Waals surface area contributed by atoms with Crippen LogP contribution in [0.5, 0.6) is 0 Å². The van der Waals surface area contributed by atoms with Crippen LogP contribution in [0.25, 0.3) is 0 Å². The molecule has 1 aliphatic rings. The standard InChI is InChI=1S/C9H13N2O8PS.2Na/c12-6-4(3-18-20(15,16)17)19-8(7(6)13)11-2-1-5(21)10-9(11)14;;/h1-2,4,6-8,12-13H,3H2,(H,10,14,21)(H2,15,16,17);;/q;2*+1/p-2/t4-,6-,7-,8-;;/m1../s1. The van der Waals surface area contributed by atoms with Crippen LogP contribution < -0.4 is 74.6 Å². The third kappa shape index (κ3) is 6.39. The summed E-state index contributed by atoms with van der Waals surface area (Å²) in [5.41, 5.74) is -0.682. The number of aliphatic hydroxyl groups excluding tert-OH is 2. The van der Waals surface area contributed by atoms with Crippen LogP contribution in [-0.4, -0.2) is 44.7 Å². The summed E-state index contributed by atoms with van der Waals surface area (Å²) in [6.07, 6.45) is -4.35. The number of hydrogen-bond acceptors (Lipinski definition) is 9. The molecule has 23 heavy (non-hydrogen) atoms. The van der Waals surface area contributed by atoms with Crippen molar-refractivity contribution < 1.29 is 92.9 Å². The maximum absolute atomic E-state index is 11.7. The van der Waals surface area contributed by atoms with Gasteiger partial charge in [0.1, 0.15) is 23.0 Å². The van der Waals surface area contributed by atoms with E-state index < -0.39 is 44.7 Å². The first-order valence-corrected chi connectivity index (χ1v) is 7.55. The average Bonchev–Trinajstić information content (AvgIpc) is 2.64. The minimum atomic E-state index is -5.23. The van der Waals surface area contributed by atoms with E-state index in [0.717, 1.165) is 4.57 Å². The van der Waals surface area contributed by atoms with Gasteiger partial charge in [0.05, 0.1) is 14.4 Å². The molecule has 0 saturated carbocycles. The molecule has 3 N–H and O–H groups in total. The van der Waals surface area contributed by atoms with Crippen molar-refractivity contribution in [2.24, 2.45) is 0 Å². The van der Waals surface area contributed by atoms with Gasteiger partial charge in [-0.05, 0) is 6.07 Å². The van der Waals surface area contributed by atoms with Crippen molar-refractivity contribution >= 4 is 20.0 Å². The second-order valence-corrected chi connectivity index (χ2v) is 5.90. The van der Waals surface area contributed by atoms with Gasteiger partial charge in [0.15, 0.2) is 6.23 Å². The summed E-state index contributed by atoms with van der Waals surface area (Å²) in [6.45, 7) is -0.767. The maximum Gasteiger partial charge on any atom is 1.00 e. The van der Waals surface area contributed by atoms with E-state index in [2.05, 4.69) is 9.51 Å². The fraction of sp³-hybridized carbons (Fsp3) is 0.556. The molecule has 10 nitrogen and oxygen atoms in total. The molecule has 14 heteroatoms. The predicted octanol–water partition coefficient (Wildman–Crippen LogP) is -8.62. The monoisotopic (exact) mass is 384 g/mol. The van der Waals surface area contributed by atoms with E-state index in [1.807, 2.05) is 0 Å². The molecule has 1 saturated heterocycles. The maximum atomic E-state index is 11.7. The quantitative estimate of drug-likeness (QED) is 0.260. The molecule has 0 spiro atoms. The fourth-order valence-electron chi connectivity index (χ4n) is 1.89. The molecule has 1 aromatic rings. The normalized spacial score (nSPS) is 27.1. The first-order chi connectivity index (χ1) is 9.69. The smallest absolute Gasteiger partial charge is 0.790 e. The van der Waals surface area contributed by atoms with Crippen molar-refractivity contribution in [3.63, 3.8) is 0 Å². The molecule has 2 rings (SSSR count). The Balaban J connectivity index is 0.00000242. The van der Waals surface area contributed by atoms with E-state index in [1.54, 1.807) is 0 Å². The second kappa shape index (κ2) is 9.70. The summed E-state index contributed by atoms with van der Waals surface area (Å²) in [6, 6.07) is 1.37. The van der Waals surface area contributed by atoms with Gasteiger partial charge in [0, 0.05) is 6.20 Å². The zero-order valence-electron chi connectivity index (χ0n) is 12.3. The van der Waals surface area contributed by atoms with E-state index in [1.165, 1.54) is 12.3 Å². The van der Waals surface area contributed by atoms with Gasteiger partial charge in [0.25, 0.3) is 0 Å². The Hall–Kier alpha value is 1.09. The number of phosphoric ester groups is 1. The van der Waals surface area contributed by atoms with Crippen LogP contribution in [0.1, 0.15) is 6.23 Å². The number of nitrogens with one attached hydrogen (secondary N) is 1. The number of aliphatic hydroxyl groups is 2. The molecule has 0 amide bonds. The number of aromatic nitrogens is 2. The molecule has 4 atom stereocenters. The van der Waals surface area contributed by atoms with Gasteiger partial charge in [-0.2, -0.15) is 0 Å². The molecule has 0 radical (unpaired) electrons. The van der Waals surface area contributed by atoms with Crippen LogP contribution in [0.4, 0.5) is 0 Å². The van der Waals surface area contributed by atoms with Gasteiger partial charge >= 0.3 is 64.8 Å². The number of H-pyrrole nitrogens is 1. The summed E-state index contributed by atoms with van der Waals surface area (Å²) in [5.74, 6) is 0. The third-order valence-electron chi connectivity index (χ3n) is 2.86. The molecule has 1 aliphatic heterocycles. The molecular weight excluding hydrogens is 373 g/mol. The van der Waals surface area contributed by atoms with Gasteiger partial charge in [-0.25, -0.2) is 4.79 Å². The molecule has 118 valence electrons. The Morgan fingerprint density at radius 1 is 1.39 bits per heavy atom.